The SMILES string of the molecule is C[N+](C)(C(=O)CO)C(=O)CO. The van der Waals surface area contributed by atoms with Crippen LogP contribution in [0.3, 0.4) is 0 Å². The van der Waals surface area contributed by atoms with E-state index >= 15 is 0 Å². The molecule has 5 nitrogen and oxygen atoms in total. The first-order valence-corrected chi connectivity index (χ1v) is 3.09. The van der Waals surface area contributed by atoms with Crippen molar-refractivity contribution in [3.05, 3.63) is 0 Å². The maximum absolute atomic E-state index is 10.8. The van der Waals surface area contributed by atoms with Gasteiger partial charge >= 0.3 is 11.8 Å². The lowest BCUT2D eigenvalue weighted by Crippen LogP contribution is -2.53. The molecule has 0 aromatic carbocycles. The fourth-order valence-corrected chi connectivity index (χ4v) is 0.493. The lowest BCUT2D eigenvalue weighted by molar-refractivity contribution is -0.736. The number of aliphatic hydroxyl groups excluding tert-OH is 2. The normalized spacial score (nSPS) is 11.3. The first-order chi connectivity index (χ1) is 4.96. The number of nitrogens with zero attached hydrogens (tertiary/aromatic N) is 1. The third-order valence-corrected chi connectivity index (χ3v) is 1.52. The third kappa shape index (κ3) is 2.07. The van der Waals surface area contributed by atoms with Crippen molar-refractivity contribution in [2.24, 2.45) is 0 Å². The second-order valence-corrected chi connectivity index (χ2v) is 2.56. The lowest BCUT2D eigenvalue weighted by atomic mass is 10.4. The summed E-state index contributed by atoms with van der Waals surface area (Å²) in [5.41, 5.74) is 0. The lowest BCUT2D eigenvalue weighted by Gasteiger charge is -2.21. The average molecular weight is 162 g/mol. The van der Waals surface area contributed by atoms with Crippen LogP contribution < -0.4 is 0 Å². The van der Waals surface area contributed by atoms with Crippen LogP contribution in [0.15, 0.2) is 0 Å². The molecule has 0 aliphatic rings. The summed E-state index contributed by atoms with van der Waals surface area (Å²) in [5, 5.41) is 16.8. The molecule has 0 saturated carbocycles. The number of likely N-dealkylation sites (N-methyl/N-ethyl adjacent to an activating group) is 1. The van der Waals surface area contributed by atoms with Crippen LogP contribution in [0.5, 0.6) is 0 Å². The third-order valence-electron chi connectivity index (χ3n) is 1.52. The van der Waals surface area contributed by atoms with Gasteiger partial charge in [-0.25, -0.2) is 9.59 Å². The zero-order chi connectivity index (χ0) is 9.07. The first kappa shape index (κ1) is 10.2. The van der Waals surface area contributed by atoms with E-state index in [1.165, 1.54) is 14.1 Å². The Hall–Kier alpha value is -0.780. The molecule has 11 heavy (non-hydrogen) atoms. The van der Waals surface area contributed by atoms with Crippen LogP contribution in [0.2, 0.25) is 0 Å². The minimum absolute atomic E-state index is 0.618. The molecular weight excluding hydrogens is 150 g/mol. The van der Waals surface area contributed by atoms with Gasteiger partial charge in [-0.1, -0.05) is 0 Å². The Morgan fingerprint density at radius 2 is 1.36 bits per heavy atom. The van der Waals surface area contributed by atoms with Crippen LogP contribution in [0.25, 0.3) is 0 Å². The van der Waals surface area contributed by atoms with Gasteiger partial charge in [-0.3, -0.25) is 0 Å². The van der Waals surface area contributed by atoms with Gasteiger partial charge in [0, 0.05) is 0 Å². The summed E-state index contributed by atoms with van der Waals surface area (Å²) >= 11 is 0. The highest BCUT2D eigenvalue weighted by Crippen LogP contribution is 1.98. The Labute approximate surface area is 64.4 Å². The molecule has 0 rings (SSSR count). The molecule has 0 unspecified atom stereocenters. The van der Waals surface area contributed by atoms with Crippen LogP contribution in [-0.4, -0.2) is 53.8 Å². The summed E-state index contributed by atoms with van der Waals surface area (Å²) in [6.45, 7) is -1.39. The molecule has 5 heteroatoms. The number of rotatable bonds is 2. The number of carbonyl (C=O) groups is 2. The van der Waals surface area contributed by atoms with E-state index in [-0.39, 0.29) is 0 Å². The van der Waals surface area contributed by atoms with Gasteiger partial charge in [-0.2, -0.15) is 4.48 Å². The standard InChI is InChI=1S/C6H12NO4/c1-7(2,5(10)3-8)6(11)4-9/h8-9H,3-4H2,1-2H3/q+1. The zero-order valence-electron chi connectivity index (χ0n) is 6.57. The molecule has 64 valence electrons. The molecule has 0 fully saturated rings. The Morgan fingerprint density at radius 3 is 1.55 bits per heavy atom. The molecule has 0 spiro atoms. The summed E-state index contributed by atoms with van der Waals surface area (Å²) in [6, 6.07) is 0. The van der Waals surface area contributed by atoms with Gasteiger partial charge in [0.25, 0.3) is 0 Å². The molecule has 2 N–H and O–H groups in total. The van der Waals surface area contributed by atoms with Crippen molar-refractivity contribution < 1.29 is 24.3 Å². The van der Waals surface area contributed by atoms with Crippen LogP contribution in [0.1, 0.15) is 0 Å². The van der Waals surface area contributed by atoms with Crippen molar-refractivity contribution in [1.29, 1.82) is 0 Å². The Kier molecular flexibility index (Phi) is 3.31. The molecule has 0 heterocycles. The Bertz CT molecular complexity index is 157. The molecule has 0 atom stereocenters. The Morgan fingerprint density at radius 1 is 1.09 bits per heavy atom. The van der Waals surface area contributed by atoms with Gasteiger partial charge in [0.1, 0.15) is 0 Å². The van der Waals surface area contributed by atoms with E-state index in [1.54, 1.807) is 0 Å². The highest BCUT2D eigenvalue weighted by atomic mass is 16.3. The van der Waals surface area contributed by atoms with Gasteiger partial charge in [0.05, 0.1) is 14.1 Å². The van der Waals surface area contributed by atoms with Crippen LogP contribution in [-0.2, 0) is 9.59 Å². The van der Waals surface area contributed by atoms with Crippen molar-refractivity contribution in [3.63, 3.8) is 0 Å². The number of imide groups is 1. The molecule has 0 aromatic heterocycles. The summed E-state index contributed by atoms with van der Waals surface area (Å²) in [4.78, 5) is 21.6. The van der Waals surface area contributed by atoms with Gasteiger partial charge in [0.2, 0.25) is 0 Å². The topological polar surface area (TPSA) is 74.6 Å². The first-order valence-electron chi connectivity index (χ1n) is 3.09. The highest BCUT2D eigenvalue weighted by Gasteiger charge is 2.33. The number of aliphatic hydroxyl groups is 2. The van der Waals surface area contributed by atoms with E-state index in [1.807, 2.05) is 0 Å². The predicted octanol–water partition coefficient (Wildman–Crippen LogP) is -1.90. The van der Waals surface area contributed by atoms with Gasteiger partial charge in [0.15, 0.2) is 13.2 Å². The monoisotopic (exact) mass is 162 g/mol. The van der Waals surface area contributed by atoms with Gasteiger partial charge < -0.3 is 10.2 Å². The second kappa shape index (κ2) is 3.56. The minimum atomic E-state index is -0.696. The fourth-order valence-electron chi connectivity index (χ4n) is 0.493. The van der Waals surface area contributed by atoms with E-state index in [9.17, 15) is 9.59 Å². The maximum Gasteiger partial charge on any atom is 0.346 e. The molecule has 0 aliphatic heterocycles. The number of carbonyl (C=O) groups excluding carboxylic acids is 2. The van der Waals surface area contributed by atoms with Crippen molar-refractivity contribution in [1.82, 2.24) is 0 Å². The molecule has 0 saturated heterocycles. The smallest absolute Gasteiger partial charge is 0.346 e. The van der Waals surface area contributed by atoms with Crippen LogP contribution in [0, 0.1) is 0 Å². The quantitative estimate of drug-likeness (QED) is 0.465. The Balaban J connectivity index is 4.44. The van der Waals surface area contributed by atoms with Crippen LogP contribution in [0.4, 0.5) is 0 Å². The summed E-state index contributed by atoms with van der Waals surface area (Å²) in [6.07, 6.45) is 0. The summed E-state index contributed by atoms with van der Waals surface area (Å²) < 4.78 is -0.618. The summed E-state index contributed by atoms with van der Waals surface area (Å²) in [7, 11) is 2.63. The van der Waals surface area contributed by atoms with E-state index < -0.39 is 29.5 Å². The number of quaternary nitrogens is 1. The summed E-state index contributed by atoms with van der Waals surface area (Å²) in [5.74, 6) is -1.27. The molecular formula is C6H12NO4+. The average Bonchev–Trinajstić information content (AvgIpc) is 2.01. The highest BCUT2D eigenvalue weighted by molar-refractivity contribution is 5.85. The molecule has 0 bridgehead atoms. The van der Waals surface area contributed by atoms with Crippen molar-refractivity contribution in [2.45, 2.75) is 0 Å². The van der Waals surface area contributed by atoms with E-state index in [0.717, 1.165) is 0 Å². The van der Waals surface area contributed by atoms with E-state index in [4.69, 9.17) is 10.2 Å². The molecule has 0 radical (unpaired) electrons. The van der Waals surface area contributed by atoms with Gasteiger partial charge in [-0.05, 0) is 0 Å². The predicted molar refractivity (Wildman–Crippen MR) is 36.3 cm³/mol. The number of hydrogen-bond acceptors (Lipinski definition) is 4. The zero-order valence-corrected chi connectivity index (χ0v) is 6.57. The fraction of sp³-hybridized carbons (Fsp3) is 0.667. The largest absolute Gasteiger partial charge is 0.382 e. The van der Waals surface area contributed by atoms with E-state index in [2.05, 4.69) is 0 Å². The number of amides is 2. The molecule has 0 aliphatic carbocycles. The van der Waals surface area contributed by atoms with Gasteiger partial charge in [-0.15, -0.1) is 0 Å². The molecule has 2 amide bonds. The maximum atomic E-state index is 10.8. The number of hydrogen-bond donors (Lipinski definition) is 2. The van der Waals surface area contributed by atoms with Crippen molar-refractivity contribution in [2.75, 3.05) is 27.3 Å². The minimum Gasteiger partial charge on any atom is -0.382 e. The van der Waals surface area contributed by atoms with Crippen molar-refractivity contribution in [3.8, 4) is 0 Å². The van der Waals surface area contributed by atoms with E-state index in [0.29, 0.717) is 0 Å². The second-order valence-electron chi connectivity index (χ2n) is 2.56. The molecule has 0 aromatic rings. The van der Waals surface area contributed by atoms with Crippen LogP contribution >= 0.6 is 0 Å². The van der Waals surface area contributed by atoms with Crippen molar-refractivity contribution >= 4 is 11.8 Å².